The molecular weight excluding hydrogens is 172 g/mol. The maximum Gasteiger partial charge on any atom is 0.224 e. The summed E-state index contributed by atoms with van der Waals surface area (Å²) in [7, 11) is 0. The zero-order valence-corrected chi connectivity index (χ0v) is 7.43. The Morgan fingerprint density at radius 1 is 1.75 bits per heavy atom. The second-order valence-electron chi connectivity index (χ2n) is 3.25. The van der Waals surface area contributed by atoms with E-state index < -0.39 is 0 Å². The van der Waals surface area contributed by atoms with Gasteiger partial charge in [-0.2, -0.15) is 0 Å². The number of carbonyl (C=O) groups excluding carboxylic acids is 1. The van der Waals surface area contributed by atoms with Crippen molar-refractivity contribution in [3.05, 3.63) is 16.6 Å². The number of primary amides is 1. The van der Waals surface area contributed by atoms with Crippen molar-refractivity contribution in [2.24, 2.45) is 11.1 Å². The highest BCUT2D eigenvalue weighted by atomic mass is 32.1. The number of hydrogen-bond donors (Lipinski definition) is 1. The highest BCUT2D eigenvalue weighted by Gasteiger charge is 2.48. The van der Waals surface area contributed by atoms with E-state index in [-0.39, 0.29) is 11.3 Å². The van der Waals surface area contributed by atoms with Crippen molar-refractivity contribution >= 4 is 17.2 Å². The lowest BCUT2D eigenvalue weighted by molar-refractivity contribution is -0.123. The van der Waals surface area contributed by atoms with Crippen molar-refractivity contribution in [2.45, 2.75) is 19.3 Å². The summed E-state index contributed by atoms with van der Waals surface area (Å²) < 4.78 is 0. The van der Waals surface area contributed by atoms with Crippen molar-refractivity contribution in [3.8, 4) is 0 Å². The first kappa shape index (κ1) is 7.73. The number of rotatable bonds is 3. The van der Waals surface area contributed by atoms with Crippen LogP contribution in [0, 0.1) is 5.41 Å². The number of thiazole rings is 1. The zero-order chi connectivity index (χ0) is 8.60. The van der Waals surface area contributed by atoms with E-state index in [1.54, 1.807) is 17.5 Å². The molecule has 1 aliphatic rings. The number of hydrogen-bond acceptors (Lipinski definition) is 3. The zero-order valence-electron chi connectivity index (χ0n) is 6.62. The molecule has 12 heavy (non-hydrogen) atoms. The van der Waals surface area contributed by atoms with Crippen molar-refractivity contribution < 1.29 is 4.79 Å². The van der Waals surface area contributed by atoms with Gasteiger partial charge in [0.1, 0.15) is 0 Å². The van der Waals surface area contributed by atoms with E-state index in [0.29, 0.717) is 0 Å². The summed E-state index contributed by atoms with van der Waals surface area (Å²) in [4.78, 5) is 15.1. The van der Waals surface area contributed by atoms with Gasteiger partial charge in [-0.3, -0.25) is 4.79 Å². The molecule has 0 aliphatic heterocycles. The summed E-state index contributed by atoms with van der Waals surface area (Å²) in [5.41, 5.74) is 5.05. The second-order valence-corrected chi connectivity index (χ2v) is 4.23. The lowest BCUT2D eigenvalue weighted by Crippen LogP contribution is -2.26. The third-order valence-electron chi connectivity index (χ3n) is 2.35. The average Bonchev–Trinajstić information content (AvgIpc) is 2.60. The molecule has 1 amide bonds. The molecule has 4 heteroatoms. The normalized spacial score (nSPS) is 19.0. The Hall–Kier alpha value is -0.900. The van der Waals surface area contributed by atoms with E-state index in [0.717, 1.165) is 24.3 Å². The van der Waals surface area contributed by atoms with Gasteiger partial charge in [0.05, 0.1) is 10.4 Å². The van der Waals surface area contributed by atoms with Crippen LogP contribution in [0.5, 0.6) is 0 Å². The summed E-state index contributed by atoms with van der Waals surface area (Å²) in [6, 6.07) is 0. The van der Waals surface area contributed by atoms with Crippen molar-refractivity contribution in [3.63, 3.8) is 0 Å². The molecule has 0 spiro atoms. The quantitative estimate of drug-likeness (QED) is 0.756. The highest BCUT2D eigenvalue weighted by Crippen LogP contribution is 2.48. The Kier molecular flexibility index (Phi) is 1.65. The Labute approximate surface area is 74.6 Å². The van der Waals surface area contributed by atoms with Crippen LogP contribution in [-0.4, -0.2) is 10.9 Å². The predicted molar refractivity (Wildman–Crippen MR) is 46.7 cm³/mol. The molecule has 1 saturated carbocycles. The topological polar surface area (TPSA) is 56.0 Å². The molecule has 1 heterocycles. The smallest absolute Gasteiger partial charge is 0.224 e. The Bertz CT molecular complexity index is 290. The highest BCUT2D eigenvalue weighted by molar-refractivity contribution is 7.09. The average molecular weight is 182 g/mol. The summed E-state index contributed by atoms with van der Waals surface area (Å²) in [5.74, 6) is -0.169. The van der Waals surface area contributed by atoms with E-state index >= 15 is 0 Å². The van der Waals surface area contributed by atoms with Crippen molar-refractivity contribution in [1.82, 2.24) is 4.98 Å². The molecule has 2 N–H and O–H groups in total. The van der Waals surface area contributed by atoms with Gasteiger partial charge in [0.2, 0.25) is 5.91 Å². The van der Waals surface area contributed by atoms with Crippen LogP contribution in [0.1, 0.15) is 17.8 Å². The van der Waals surface area contributed by atoms with Crippen LogP contribution in [0.25, 0.3) is 0 Å². The van der Waals surface area contributed by atoms with Crippen LogP contribution in [0.4, 0.5) is 0 Å². The molecule has 0 unspecified atom stereocenters. The maximum absolute atomic E-state index is 11.0. The van der Waals surface area contributed by atoms with E-state index in [1.807, 2.05) is 5.38 Å². The van der Waals surface area contributed by atoms with Gasteiger partial charge >= 0.3 is 0 Å². The molecule has 1 fully saturated rings. The summed E-state index contributed by atoms with van der Waals surface area (Å²) in [6.45, 7) is 0. The lowest BCUT2D eigenvalue weighted by atomic mass is 10.0. The minimum absolute atomic E-state index is 0.169. The maximum atomic E-state index is 11.0. The molecule has 0 bridgehead atoms. The molecule has 64 valence electrons. The van der Waals surface area contributed by atoms with E-state index in [9.17, 15) is 4.79 Å². The number of aromatic nitrogens is 1. The van der Waals surface area contributed by atoms with Crippen LogP contribution in [-0.2, 0) is 11.2 Å². The van der Waals surface area contributed by atoms with Crippen LogP contribution >= 0.6 is 11.3 Å². The van der Waals surface area contributed by atoms with Crippen LogP contribution in [0.15, 0.2) is 11.6 Å². The van der Waals surface area contributed by atoms with Crippen LogP contribution in [0.2, 0.25) is 0 Å². The monoisotopic (exact) mass is 182 g/mol. The SMILES string of the molecule is NC(=O)C1(Cc2nccs2)CC1. The van der Waals surface area contributed by atoms with E-state index in [1.165, 1.54) is 0 Å². The number of nitrogens with two attached hydrogens (primary N) is 1. The van der Waals surface area contributed by atoms with Gasteiger partial charge in [-0.05, 0) is 12.8 Å². The first-order valence-corrected chi connectivity index (χ1v) is 4.79. The first-order valence-electron chi connectivity index (χ1n) is 3.91. The molecule has 3 nitrogen and oxygen atoms in total. The van der Waals surface area contributed by atoms with Crippen LogP contribution < -0.4 is 5.73 Å². The molecule has 0 saturated heterocycles. The standard InChI is InChI=1S/C8H10N2OS/c9-7(11)8(1-2-8)5-6-10-3-4-12-6/h3-4H,1-2,5H2,(H2,9,11). The summed E-state index contributed by atoms with van der Waals surface area (Å²) in [6.07, 6.45) is 4.36. The fourth-order valence-electron chi connectivity index (χ4n) is 1.29. The van der Waals surface area contributed by atoms with Gasteiger partial charge in [-0.1, -0.05) is 0 Å². The fourth-order valence-corrected chi connectivity index (χ4v) is 2.05. The van der Waals surface area contributed by atoms with Gasteiger partial charge in [-0.15, -0.1) is 11.3 Å². The molecule has 1 aliphatic carbocycles. The number of amides is 1. The molecule has 1 aromatic rings. The van der Waals surface area contributed by atoms with Gasteiger partial charge in [0.25, 0.3) is 0 Å². The number of carbonyl (C=O) groups is 1. The molecule has 0 radical (unpaired) electrons. The van der Waals surface area contributed by atoms with E-state index in [4.69, 9.17) is 5.73 Å². The largest absolute Gasteiger partial charge is 0.369 e. The summed E-state index contributed by atoms with van der Waals surface area (Å²) >= 11 is 1.59. The van der Waals surface area contributed by atoms with Gasteiger partial charge < -0.3 is 5.73 Å². The van der Waals surface area contributed by atoms with Crippen LogP contribution in [0.3, 0.4) is 0 Å². The minimum atomic E-state index is -0.238. The van der Waals surface area contributed by atoms with Gasteiger partial charge in [0.15, 0.2) is 0 Å². The van der Waals surface area contributed by atoms with Crippen molar-refractivity contribution in [2.75, 3.05) is 0 Å². The van der Waals surface area contributed by atoms with Crippen molar-refractivity contribution in [1.29, 1.82) is 0 Å². The minimum Gasteiger partial charge on any atom is -0.369 e. The van der Waals surface area contributed by atoms with Gasteiger partial charge in [-0.25, -0.2) is 4.98 Å². The second kappa shape index (κ2) is 2.55. The summed E-state index contributed by atoms with van der Waals surface area (Å²) in [5, 5.41) is 2.94. The molecule has 0 atom stereocenters. The third-order valence-corrected chi connectivity index (χ3v) is 3.13. The molecule has 1 aromatic heterocycles. The number of nitrogens with zero attached hydrogens (tertiary/aromatic N) is 1. The van der Waals surface area contributed by atoms with E-state index in [2.05, 4.69) is 4.98 Å². The Balaban J connectivity index is 2.09. The molecule has 0 aromatic carbocycles. The lowest BCUT2D eigenvalue weighted by Gasteiger charge is -2.06. The van der Waals surface area contributed by atoms with Gasteiger partial charge in [0, 0.05) is 18.0 Å². The first-order chi connectivity index (χ1) is 5.73. The predicted octanol–water partition coefficient (Wildman–Crippen LogP) is 0.951. The molecular formula is C8H10N2OS. The molecule has 2 rings (SSSR count). The Morgan fingerprint density at radius 2 is 2.50 bits per heavy atom. The Morgan fingerprint density at radius 3 is 2.92 bits per heavy atom. The third kappa shape index (κ3) is 1.22. The fraction of sp³-hybridized carbons (Fsp3) is 0.500.